The molecule has 3 aliphatic heterocycles. The molecule has 170 valence electrons. The number of aliphatic hydroxyl groups is 1. The van der Waals surface area contributed by atoms with Crippen LogP contribution in [0.15, 0.2) is 36.4 Å². The molecule has 2 fully saturated rings. The van der Waals surface area contributed by atoms with Crippen LogP contribution in [0.5, 0.6) is 0 Å². The number of amides is 3. The van der Waals surface area contributed by atoms with Crippen LogP contribution in [0.4, 0.5) is 0 Å². The van der Waals surface area contributed by atoms with Crippen LogP contribution in [0, 0.1) is 6.92 Å². The van der Waals surface area contributed by atoms with Gasteiger partial charge in [-0.15, -0.1) is 0 Å². The quantitative estimate of drug-likeness (QED) is 0.362. The number of nitrogens with zero attached hydrogens (tertiary/aromatic N) is 1. The second kappa shape index (κ2) is 8.74. The van der Waals surface area contributed by atoms with Crippen LogP contribution in [0.3, 0.4) is 0 Å². The first kappa shape index (κ1) is 22.0. The van der Waals surface area contributed by atoms with Gasteiger partial charge in [0.1, 0.15) is 12.1 Å². The highest BCUT2D eigenvalue weighted by molar-refractivity contribution is 5.99. The van der Waals surface area contributed by atoms with Gasteiger partial charge < -0.3 is 20.1 Å². The number of carbonyl (C=O) groups is 4. The van der Waals surface area contributed by atoms with E-state index < -0.39 is 29.9 Å². The van der Waals surface area contributed by atoms with Crippen LogP contribution in [-0.2, 0) is 19.1 Å². The minimum Gasteiger partial charge on any atom is -0.414 e. The van der Waals surface area contributed by atoms with Crippen LogP contribution in [0.2, 0.25) is 0 Å². The van der Waals surface area contributed by atoms with Gasteiger partial charge in [-0.05, 0) is 44.7 Å². The number of carbonyl (C=O) groups excluding carboxylic acids is 4. The molecule has 4 atom stereocenters. The Balaban J connectivity index is 1.51. The highest BCUT2D eigenvalue weighted by Crippen LogP contribution is 2.31. The molecular weight excluding hydrogens is 414 g/mol. The molecule has 0 bridgehead atoms. The molecule has 1 aromatic rings. The van der Waals surface area contributed by atoms with Crippen molar-refractivity contribution >= 4 is 23.7 Å². The molecule has 9 nitrogen and oxygen atoms in total. The number of esters is 1. The summed E-state index contributed by atoms with van der Waals surface area (Å²) in [6.07, 6.45) is 5.75. The van der Waals surface area contributed by atoms with Crippen LogP contribution in [-0.4, -0.2) is 57.7 Å². The number of rotatable bonds is 4. The summed E-state index contributed by atoms with van der Waals surface area (Å²) >= 11 is 0. The molecule has 3 amide bonds. The molecule has 0 radical (unpaired) electrons. The summed E-state index contributed by atoms with van der Waals surface area (Å²) in [5, 5.41) is 15.5. The number of fused-ring (bicyclic) bond motifs is 1. The third kappa shape index (κ3) is 4.52. The average molecular weight is 441 g/mol. The Bertz CT molecular complexity index is 976. The van der Waals surface area contributed by atoms with Crippen molar-refractivity contribution in [1.82, 2.24) is 15.5 Å². The van der Waals surface area contributed by atoms with Crippen LogP contribution in [0.25, 0.3) is 0 Å². The molecular formula is C23H27N3O6. The van der Waals surface area contributed by atoms with Crippen molar-refractivity contribution in [2.45, 2.75) is 69.5 Å². The molecule has 1 aromatic carbocycles. The van der Waals surface area contributed by atoms with Crippen molar-refractivity contribution in [2.75, 3.05) is 0 Å². The summed E-state index contributed by atoms with van der Waals surface area (Å²) in [5.74, 6) is -3.91. The number of benzene rings is 1. The SMILES string of the molecule is Cc1cccc(C(=O)N[C@H]2CC=CC[C@@H]3CC[C@@H](C(=O)NC4(O)CCC(=O)O4)N3C2=O)c1. The van der Waals surface area contributed by atoms with Crippen molar-refractivity contribution in [2.24, 2.45) is 0 Å². The van der Waals surface area contributed by atoms with Crippen LogP contribution < -0.4 is 10.6 Å². The fraction of sp³-hybridized carbons (Fsp3) is 0.478. The molecule has 0 saturated carbocycles. The molecule has 3 N–H and O–H groups in total. The summed E-state index contributed by atoms with van der Waals surface area (Å²) in [6.45, 7) is 1.88. The van der Waals surface area contributed by atoms with Gasteiger partial charge in [-0.3, -0.25) is 24.5 Å². The van der Waals surface area contributed by atoms with E-state index in [1.807, 2.05) is 25.1 Å². The molecule has 32 heavy (non-hydrogen) atoms. The van der Waals surface area contributed by atoms with Crippen molar-refractivity contribution in [3.8, 4) is 0 Å². The zero-order valence-electron chi connectivity index (χ0n) is 17.9. The Morgan fingerprint density at radius 3 is 2.69 bits per heavy atom. The van der Waals surface area contributed by atoms with Gasteiger partial charge in [0.05, 0.1) is 6.42 Å². The maximum absolute atomic E-state index is 13.4. The van der Waals surface area contributed by atoms with Crippen molar-refractivity contribution in [3.05, 3.63) is 47.5 Å². The maximum Gasteiger partial charge on any atom is 0.309 e. The minimum atomic E-state index is -2.04. The molecule has 3 heterocycles. The first-order chi connectivity index (χ1) is 15.3. The second-order valence-corrected chi connectivity index (χ2v) is 8.58. The van der Waals surface area contributed by atoms with Gasteiger partial charge in [0.25, 0.3) is 11.8 Å². The standard InChI is InChI=1S/C23H27N3O6/c1-14-5-4-6-15(13-14)20(28)24-17-8-3-2-7-16-9-10-18(26(16)22(17)30)21(29)25-23(31)12-11-19(27)32-23/h2-6,13,16-18,31H,7-12H2,1H3,(H,24,28)(H,25,29)/t16-,17+,18+,23?/m1/s1. The Morgan fingerprint density at radius 2 is 1.97 bits per heavy atom. The predicted octanol–water partition coefficient (Wildman–Crippen LogP) is 0.902. The summed E-state index contributed by atoms with van der Waals surface area (Å²) < 4.78 is 4.83. The highest BCUT2D eigenvalue weighted by atomic mass is 16.7. The average Bonchev–Trinajstić information content (AvgIpc) is 3.31. The highest BCUT2D eigenvalue weighted by Gasteiger charge is 2.47. The monoisotopic (exact) mass is 441 g/mol. The Morgan fingerprint density at radius 1 is 1.19 bits per heavy atom. The third-order valence-electron chi connectivity index (χ3n) is 6.16. The zero-order valence-corrected chi connectivity index (χ0v) is 17.9. The normalized spacial score (nSPS) is 29.7. The van der Waals surface area contributed by atoms with Gasteiger partial charge in [0.2, 0.25) is 11.8 Å². The lowest BCUT2D eigenvalue weighted by Gasteiger charge is -2.35. The lowest BCUT2D eigenvalue weighted by Crippen LogP contribution is -2.59. The molecule has 1 unspecified atom stereocenters. The number of cyclic esters (lactones) is 1. The van der Waals surface area contributed by atoms with E-state index in [4.69, 9.17) is 4.74 Å². The van der Waals surface area contributed by atoms with Gasteiger partial charge in [-0.2, -0.15) is 0 Å². The van der Waals surface area contributed by atoms with Gasteiger partial charge in [-0.1, -0.05) is 29.8 Å². The summed E-state index contributed by atoms with van der Waals surface area (Å²) in [7, 11) is 0. The van der Waals surface area contributed by atoms with E-state index in [9.17, 15) is 24.3 Å². The van der Waals surface area contributed by atoms with E-state index in [-0.39, 0.29) is 30.7 Å². The van der Waals surface area contributed by atoms with E-state index in [1.165, 1.54) is 4.90 Å². The first-order valence-corrected chi connectivity index (χ1v) is 10.9. The van der Waals surface area contributed by atoms with E-state index in [0.29, 0.717) is 31.2 Å². The van der Waals surface area contributed by atoms with Gasteiger partial charge in [-0.25, -0.2) is 0 Å². The van der Waals surface area contributed by atoms with Crippen molar-refractivity contribution < 1.29 is 29.0 Å². The van der Waals surface area contributed by atoms with Gasteiger partial charge in [0.15, 0.2) is 0 Å². The van der Waals surface area contributed by atoms with E-state index in [1.54, 1.807) is 18.2 Å². The number of nitrogens with one attached hydrogen (secondary N) is 2. The second-order valence-electron chi connectivity index (χ2n) is 8.58. The molecule has 9 heteroatoms. The van der Waals surface area contributed by atoms with Crippen LogP contribution >= 0.6 is 0 Å². The third-order valence-corrected chi connectivity index (χ3v) is 6.16. The van der Waals surface area contributed by atoms with Crippen molar-refractivity contribution in [1.29, 1.82) is 0 Å². The predicted molar refractivity (Wildman–Crippen MR) is 113 cm³/mol. The largest absolute Gasteiger partial charge is 0.414 e. The number of aryl methyl sites for hydroxylation is 1. The van der Waals surface area contributed by atoms with Gasteiger partial charge in [0, 0.05) is 18.0 Å². The van der Waals surface area contributed by atoms with Crippen LogP contribution in [0.1, 0.15) is 54.4 Å². The molecule has 0 spiro atoms. The summed E-state index contributed by atoms with van der Waals surface area (Å²) in [4.78, 5) is 52.0. The topological polar surface area (TPSA) is 125 Å². The zero-order chi connectivity index (χ0) is 22.9. The van der Waals surface area contributed by atoms with E-state index in [2.05, 4.69) is 10.6 Å². The maximum atomic E-state index is 13.4. The summed E-state index contributed by atoms with van der Waals surface area (Å²) in [5.41, 5.74) is 1.39. The molecule has 2 saturated heterocycles. The van der Waals surface area contributed by atoms with E-state index in [0.717, 1.165) is 5.56 Å². The number of ether oxygens (including phenoxy) is 1. The molecule has 0 aliphatic carbocycles. The number of hydrogen-bond acceptors (Lipinski definition) is 6. The Hall–Kier alpha value is -3.20. The Kier molecular flexibility index (Phi) is 6.01. The fourth-order valence-electron chi connectivity index (χ4n) is 4.55. The molecule has 4 rings (SSSR count). The number of hydrogen-bond donors (Lipinski definition) is 3. The lowest BCUT2D eigenvalue weighted by molar-refractivity contribution is -0.203. The minimum absolute atomic E-state index is 0.00454. The van der Waals surface area contributed by atoms with Gasteiger partial charge >= 0.3 is 5.97 Å². The molecule has 0 aromatic heterocycles. The Labute approximate surface area is 185 Å². The summed E-state index contributed by atoms with van der Waals surface area (Å²) in [6, 6.07) is 5.27. The smallest absolute Gasteiger partial charge is 0.309 e. The first-order valence-electron chi connectivity index (χ1n) is 10.9. The lowest BCUT2D eigenvalue weighted by atomic mass is 10.0. The molecule has 3 aliphatic rings. The van der Waals surface area contributed by atoms with Crippen molar-refractivity contribution in [3.63, 3.8) is 0 Å². The fourth-order valence-corrected chi connectivity index (χ4v) is 4.55. The van der Waals surface area contributed by atoms with E-state index >= 15 is 0 Å².